The monoisotopic (exact) mass is 288 g/mol. The number of aromatic amines is 1. The standard InChI is InChI=1S/C13H9ClN4O2/c1-20-13(19)8-4-2-7(3-5-8)11-17-9-10(14)15-6-16-12(9)18-11/h2-6H,1H3,(H,15,16,17,18). The van der Waals surface area contributed by atoms with Gasteiger partial charge in [0, 0.05) is 5.56 Å². The predicted molar refractivity (Wildman–Crippen MR) is 73.5 cm³/mol. The molecule has 100 valence electrons. The molecule has 0 fully saturated rings. The number of halogens is 1. The SMILES string of the molecule is COC(=O)c1ccc(-c2nc3ncnc(Cl)c3[nH]2)cc1. The zero-order valence-electron chi connectivity index (χ0n) is 10.4. The summed E-state index contributed by atoms with van der Waals surface area (Å²) in [5.41, 5.74) is 2.37. The van der Waals surface area contributed by atoms with Crippen LogP contribution >= 0.6 is 11.6 Å². The maximum atomic E-state index is 11.4. The van der Waals surface area contributed by atoms with Gasteiger partial charge in [0.15, 0.2) is 10.8 Å². The number of H-pyrrole nitrogens is 1. The Morgan fingerprint density at radius 3 is 2.65 bits per heavy atom. The molecule has 3 aromatic rings. The van der Waals surface area contributed by atoms with Crippen LogP contribution in [0.25, 0.3) is 22.6 Å². The third-order valence-electron chi connectivity index (χ3n) is 2.82. The zero-order valence-corrected chi connectivity index (χ0v) is 11.2. The summed E-state index contributed by atoms with van der Waals surface area (Å²) in [7, 11) is 1.34. The lowest BCUT2D eigenvalue weighted by Gasteiger charge is -2.00. The van der Waals surface area contributed by atoms with E-state index in [1.807, 2.05) is 0 Å². The van der Waals surface area contributed by atoms with Crippen molar-refractivity contribution in [1.29, 1.82) is 0 Å². The Labute approximate surface area is 118 Å². The number of esters is 1. The third-order valence-corrected chi connectivity index (χ3v) is 3.11. The zero-order chi connectivity index (χ0) is 14.1. The molecule has 0 atom stereocenters. The van der Waals surface area contributed by atoms with E-state index in [1.54, 1.807) is 24.3 Å². The van der Waals surface area contributed by atoms with Gasteiger partial charge in [0.25, 0.3) is 0 Å². The number of rotatable bonds is 2. The van der Waals surface area contributed by atoms with E-state index in [-0.39, 0.29) is 5.97 Å². The van der Waals surface area contributed by atoms with Crippen molar-refractivity contribution in [3.63, 3.8) is 0 Å². The molecule has 0 aliphatic heterocycles. The van der Waals surface area contributed by atoms with Crippen molar-refractivity contribution in [2.24, 2.45) is 0 Å². The van der Waals surface area contributed by atoms with E-state index in [0.717, 1.165) is 5.56 Å². The number of hydrogen-bond acceptors (Lipinski definition) is 5. The summed E-state index contributed by atoms with van der Waals surface area (Å²) in [6.07, 6.45) is 1.36. The van der Waals surface area contributed by atoms with Gasteiger partial charge in [0.1, 0.15) is 17.7 Å². The number of nitrogens with one attached hydrogen (secondary N) is 1. The normalized spacial score (nSPS) is 10.7. The van der Waals surface area contributed by atoms with Crippen LogP contribution in [0, 0.1) is 0 Å². The molecule has 2 aromatic heterocycles. The van der Waals surface area contributed by atoms with Gasteiger partial charge in [0.2, 0.25) is 0 Å². The quantitative estimate of drug-likeness (QED) is 0.579. The van der Waals surface area contributed by atoms with Gasteiger partial charge in [-0.15, -0.1) is 0 Å². The molecular formula is C13H9ClN4O2. The highest BCUT2D eigenvalue weighted by atomic mass is 35.5. The number of methoxy groups -OCH3 is 1. The van der Waals surface area contributed by atoms with Crippen molar-refractivity contribution in [3.8, 4) is 11.4 Å². The molecule has 0 unspecified atom stereocenters. The van der Waals surface area contributed by atoms with E-state index in [1.165, 1.54) is 13.4 Å². The second kappa shape index (κ2) is 4.90. The van der Waals surface area contributed by atoms with Crippen molar-refractivity contribution in [1.82, 2.24) is 19.9 Å². The largest absolute Gasteiger partial charge is 0.465 e. The van der Waals surface area contributed by atoms with Crippen LogP contribution in [0.2, 0.25) is 5.15 Å². The first kappa shape index (κ1) is 12.6. The molecule has 1 N–H and O–H groups in total. The van der Waals surface area contributed by atoms with Gasteiger partial charge in [0.05, 0.1) is 12.7 Å². The summed E-state index contributed by atoms with van der Waals surface area (Å²) in [5, 5.41) is 0.319. The van der Waals surface area contributed by atoms with Gasteiger partial charge >= 0.3 is 5.97 Å². The summed E-state index contributed by atoms with van der Waals surface area (Å²) in [6, 6.07) is 6.87. The van der Waals surface area contributed by atoms with Crippen LogP contribution in [-0.2, 0) is 4.74 Å². The first-order valence-corrected chi connectivity index (χ1v) is 6.12. The molecule has 3 rings (SSSR count). The predicted octanol–water partition coefficient (Wildman–Crippen LogP) is 2.46. The first-order chi connectivity index (χ1) is 9.69. The fourth-order valence-corrected chi connectivity index (χ4v) is 1.99. The van der Waals surface area contributed by atoms with Gasteiger partial charge in [-0.3, -0.25) is 0 Å². The molecule has 2 heterocycles. The Bertz CT molecular complexity index is 783. The average molecular weight is 289 g/mol. The van der Waals surface area contributed by atoms with Gasteiger partial charge in [-0.25, -0.2) is 19.7 Å². The lowest BCUT2D eigenvalue weighted by atomic mass is 10.1. The molecule has 0 saturated heterocycles. The topological polar surface area (TPSA) is 80.8 Å². The summed E-state index contributed by atoms with van der Waals surface area (Å²) < 4.78 is 4.65. The molecule has 0 bridgehead atoms. The van der Waals surface area contributed by atoms with Crippen LogP contribution in [0.3, 0.4) is 0 Å². The maximum Gasteiger partial charge on any atom is 0.337 e. The second-order valence-corrected chi connectivity index (χ2v) is 4.38. The Morgan fingerprint density at radius 2 is 2.00 bits per heavy atom. The molecule has 7 heteroatoms. The third kappa shape index (κ3) is 2.10. The molecule has 1 aromatic carbocycles. The van der Waals surface area contributed by atoms with Gasteiger partial charge in [-0.05, 0) is 12.1 Å². The number of hydrogen-bond donors (Lipinski definition) is 1. The van der Waals surface area contributed by atoms with E-state index in [0.29, 0.717) is 27.7 Å². The summed E-state index contributed by atoms with van der Waals surface area (Å²) in [5.74, 6) is 0.230. The van der Waals surface area contributed by atoms with E-state index in [9.17, 15) is 4.79 Å². The van der Waals surface area contributed by atoms with Crippen LogP contribution in [0.5, 0.6) is 0 Å². The molecule has 0 spiro atoms. The fourth-order valence-electron chi connectivity index (χ4n) is 1.82. The van der Waals surface area contributed by atoms with Crippen molar-refractivity contribution in [2.45, 2.75) is 0 Å². The number of imidazole rings is 1. The second-order valence-electron chi connectivity index (χ2n) is 4.02. The number of carbonyl (C=O) groups is 1. The lowest BCUT2D eigenvalue weighted by Crippen LogP contribution is -2.00. The number of aromatic nitrogens is 4. The highest BCUT2D eigenvalue weighted by molar-refractivity contribution is 6.33. The van der Waals surface area contributed by atoms with E-state index in [2.05, 4.69) is 24.7 Å². The van der Waals surface area contributed by atoms with Crippen LogP contribution in [0.15, 0.2) is 30.6 Å². The number of ether oxygens (including phenoxy) is 1. The maximum absolute atomic E-state index is 11.4. The molecule has 0 aliphatic carbocycles. The van der Waals surface area contributed by atoms with E-state index >= 15 is 0 Å². The minimum absolute atomic E-state index is 0.319. The van der Waals surface area contributed by atoms with Crippen molar-refractivity contribution >= 4 is 28.7 Å². The lowest BCUT2D eigenvalue weighted by molar-refractivity contribution is 0.0601. The Kier molecular flexibility index (Phi) is 3.08. The Balaban J connectivity index is 2.02. The Morgan fingerprint density at radius 1 is 1.25 bits per heavy atom. The van der Waals surface area contributed by atoms with Crippen molar-refractivity contribution in [2.75, 3.05) is 7.11 Å². The minimum atomic E-state index is -0.380. The van der Waals surface area contributed by atoms with E-state index in [4.69, 9.17) is 11.6 Å². The number of benzene rings is 1. The minimum Gasteiger partial charge on any atom is -0.465 e. The van der Waals surface area contributed by atoms with Gasteiger partial charge < -0.3 is 9.72 Å². The van der Waals surface area contributed by atoms with Gasteiger partial charge in [-0.1, -0.05) is 23.7 Å². The molecule has 0 amide bonds. The highest BCUT2D eigenvalue weighted by Crippen LogP contribution is 2.23. The molecular weight excluding hydrogens is 280 g/mol. The van der Waals surface area contributed by atoms with Crippen LogP contribution in [-0.4, -0.2) is 33.0 Å². The summed E-state index contributed by atoms with van der Waals surface area (Å²) >= 11 is 5.96. The van der Waals surface area contributed by atoms with Crippen LogP contribution < -0.4 is 0 Å². The smallest absolute Gasteiger partial charge is 0.337 e. The molecule has 0 aliphatic rings. The molecule has 6 nitrogen and oxygen atoms in total. The van der Waals surface area contributed by atoms with Gasteiger partial charge in [-0.2, -0.15) is 0 Å². The fraction of sp³-hybridized carbons (Fsp3) is 0.0769. The summed E-state index contributed by atoms with van der Waals surface area (Å²) in [4.78, 5) is 26.7. The van der Waals surface area contributed by atoms with E-state index < -0.39 is 0 Å². The molecule has 0 radical (unpaired) electrons. The van der Waals surface area contributed by atoms with Crippen molar-refractivity contribution in [3.05, 3.63) is 41.3 Å². The first-order valence-electron chi connectivity index (χ1n) is 5.74. The molecule has 20 heavy (non-hydrogen) atoms. The van der Waals surface area contributed by atoms with Crippen LogP contribution in [0.1, 0.15) is 10.4 Å². The van der Waals surface area contributed by atoms with Crippen LogP contribution in [0.4, 0.5) is 0 Å². The Hall–Kier alpha value is -2.47. The number of fused-ring (bicyclic) bond motifs is 1. The molecule has 0 saturated carbocycles. The number of nitrogens with zero attached hydrogens (tertiary/aromatic N) is 3. The average Bonchev–Trinajstić information content (AvgIpc) is 2.92. The van der Waals surface area contributed by atoms with Crippen molar-refractivity contribution < 1.29 is 9.53 Å². The summed E-state index contributed by atoms with van der Waals surface area (Å²) in [6.45, 7) is 0. The number of carbonyl (C=O) groups excluding carboxylic acids is 1. The highest BCUT2D eigenvalue weighted by Gasteiger charge is 2.10.